The number of rotatable bonds is 2. The zero-order chi connectivity index (χ0) is 14.8. The van der Waals surface area contributed by atoms with Crippen LogP contribution in [0, 0.1) is 12.8 Å². The number of anilines is 1. The molecule has 3 rings (SSSR count). The Labute approximate surface area is 127 Å². The molecular weight excluding hydrogens is 260 g/mol. The minimum atomic E-state index is 0.242. The first-order valence-electron chi connectivity index (χ1n) is 8.30. The van der Waals surface area contributed by atoms with Crippen LogP contribution in [-0.4, -0.2) is 30.4 Å². The van der Waals surface area contributed by atoms with Gasteiger partial charge >= 0.3 is 0 Å². The maximum absolute atomic E-state index is 13.0. The molecule has 114 valence electrons. The molecule has 0 radical (unpaired) electrons. The minimum absolute atomic E-state index is 0.242. The van der Waals surface area contributed by atoms with E-state index in [1.807, 2.05) is 26.1 Å². The largest absolute Gasteiger partial charge is 0.388 e. The fourth-order valence-electron chi connectivity index (χ4n) is 4.09. The molecule has 1 N–H and O–H groups in total. The maximum atomic E-state index is 13.0. The number of benzene rings is 1. The number of carbonyl (C=O) groups excluding carboxylic acids is 1. The summed E-state index contributed by atoms with van der Waals surface area (Å²) in [6.45, 7) is 2.98. The predicted octanol–water partition coefficient (Wildman–Crippen LogP) is 3.83. The summed E-state index contributed by atoms with van der Waals surface area (Å²) in [6, 6.07) is 6.54. The first-order valence-corrected chi connectivity index (χ1v) is 8.30. The molecule has 0 spiro atoms. The highest BCUT2D eigenvalue weighted by atomic mass is 16.2. The van der Waals surface area contributed by atoms with Crippen LogP contribution in [0.25, 0.3) is 0 Å². The summed E-state index contributed by atoms with van der Waals surface area (Å²) in [5.41, 5.74) is 3.02. The minimum Gasteiger partial charge on any atom is -0.388 e. The van der Waals surface area contributed by atoms with Crippen molar-refractivity contribution in [2.24, 2.45) is 5.92 Å². The van der Waals surface area contributed by atoms with Gasteiger partial charge in [-0.25, -0.2) is 0 Å². The van der Waals surface area contributed by atoms with Gasteiger partial charge in [-0.2, -0.15) is 0 Å². The molecular formula is C18H26N2O. The number of nitrogens with zero attached hydrogens (tertiary/aromatic N) is 1. The molecule has 2 atom stereocenters. The van der Waals surface area contributed by atoms with Gasteiger partial charge < -0.3 is 10.2 Å². The van der Waals surface area contributed by atoms with Crippen molar-refractivity contribution in [2.75, 3.05) is 18.9 Å². The van der Waals surface area contributed by atoms with Crippen LogP contribution in [0.4, 0.5) is 5.69 Å². The van der Waals surface area contributed by atoms with Gasteiger partial charge in [-0.05, 0) is 62.3 Å². The number of likely N-dealkylation sites (tertiary alicyclic amines) is 1. The average Bonchev–Trinajstić information content (AvgIpc) is 2.53. The quantitative estimate of drug-likeness (QED) is 0.896. The van der Waals surface area contributed by atoms with E-state index in [9.17, 15) is 4.79 Å². The van der Waals surface area contributed by atoms with Gasteiger partial charge in [0.1, 0.15) is 0 Å². The smallest absolute Gasteiger partial charge is 0.254 e. The van der Waals surface area contributed by atoms with Crippen LogP contribution in [0.15, 0.2) is 18.2 Å². The molecule has 0 aromatic heterocycles. The number of piperidine rings is 1. The van der Waals surface area contributed by atoms with Crippen LogP contribution in [0.5, 0.6) is 0 Å². The molecule has 1 amide bonds. The molecule has 1 saturated carbocycles. The number of hydrogen-bond acceptors (Lipinski definition) is 2. The third-order valence-corrected chi connectivity index (χ3v) is 5.25. The van der Waals surface area contributed by atoms with Crippen LogP contribution in [0.3, 0.4) is 0 Å². The normalized spacial score (nSPS) is 25.3. The van der Waals surface area contributed by atoms with E-state index >= 15 is 0 Å². The molecule has 3 heteroatoms. The van der Waals surface area contributed by atoms with Crippen molar-refractivity contribution in [1.29, 1.82) is 0 Å². The van der Waals surface area contributed by atoms with Gasteiger partial charge in [-0.1, -0.05) is 12.8 Å². The van der Waals surface area contributed by atoms with Crippen LogP contribution >= 0.6 is 0 Å². The maximum Gasteiger partial charge on any atom is 0.254 e. The average molecular weight is 286 g/mol. The highest BCUT2D eigenvalue weighted by Gasteiger charge is 2.36. The van der Waals surface area contributed by atoms with Gasteiger partial charge in [0, 0.05) is 30.9 Å². The van der Waals surface area contributed by atoms with E-state index in [4.69, 9.17) is 0 Å². The molecule has 1 aliphatic heterocycles. The van der Waals surface area contributed by atoms with E-state index in [2.05, 4.69) is 16.3 Å². The Morgan fingerprint density at radius 3 is 2.71 bits per heavy atom. The third-order valence-electron chi connectivity index (χ3n) is 5.25. The number of fused-ring (bicyclic) bond motifs is 1. The molecule has 1 aliphatic carbocycles. The van der Waals surface area contributed by atoms with Crippen molar-refractivity contribution in [3.05, 3.63) is 29.3 Å². The molecule has 1 aromatic rings. The molecule has 1 saturated heterocycles. The first kappa shape index (κ1) is 14.4. The van der Waals surface area contributed by atoms with Gasteiger partial charge in [0.25, 0.3) is 5.91 Å². The molecule has 2 fully saturated rings. The van der Waals surface area contributed by atoms with Crippen molar-refractivity contribution in [3.8, 4) is 0 Å². The van der Waals surface area contributed by atoms with E-state index in [0.717, 1.165) is 29.3 Å². The second-order valence-corrected chi connectivity index (χ2v) is 6.53. The fourth-order valence-corrected chi connectivity index (χ4v) is 4.09. The van der Waals surface area contributed by atoms with E-state index in [1.54, 1.807) is 0 Å². The summed E-state index contributed by atoms with van der Waals surface area (Å²) in [4.78, 5) is 15.2. The van der Waals surface area contributed by atoms with Crippen molar-refractivity contribution in [2.45, 2.75) is 51.5 Å². The SMILES string of the molecule is CNc1ccc(C(=O)N2CCCC3CCCCC32)c(C)c1. The van der Waals surface area contributed by atoms with Crippen LogP contribution in [0.2, 0.25) is 0 Å². The summed E-state index contributed by atoms with van der Waals surface area (Å²) >= 11 is 0. The number of amides is 1. The van der Waals surface area contributed by atoms with Gasteiger partial charge in [0.05, 0.1) is 0 Å². The van der Waals surface area contributed by atoms with Gasteiger partial charge in [-0.3, -0.25) is 4.79 Å². The molecule has 2 unspecified atom stereocenters. The lowest BCUT2D eigenvalue weighted by molar-refractivity contribution is 0.0390. The Hall–Kier alpha value is -1.51. The summed E-state index contributed by atoms with van der Waals surface area (Å²) in [5, 5.41) is 3.13. The van der Waals surface area contributed by atoms with Crippen molar-refractivity contribution >= 4 is 11.6 Å². The lowest BCUT2D eigenvalue weighted by atomic mass is 9.78. The standard InChI is InChI=1S/C18H26N2O/c1-13-12-15(19-2)9-10-16(13)18(21)20-11-5-7-14-6-3-4-8-17(14)20/h9-10,12,14,17,19H,3-8,11H2,1-2H3. The summed E-state index contributed by atoms with van der Waals surface area (Å²) < 4.78 is 0. The zero-order valence-electron chi connectivity index (χ0n) is 13.2. The Kier molecular flexibility index (Phi) is 4.18. The topological polar surface area (TPSA) is 32.3 Å². The number of aryl methyl sites for hydroxylation is 1. The van der Waals surface area contributed by atoms with Crippen molar-refractivity contribution < 1.29 is 4.79 Å². The molecule has 21 heavy (non-hydrogen) atoms. The fraction of sp³-hybridized carbons (Fsp3) is 0.611. The lowest BCUT2D eigenvalue weighted by Gasteiger charge is -2.44. The third kappa shape index (κ3) is 2.78. The van der Waals surface area contributed by atoms with Gasteiger partial charge in [0.15, 0.2) is 0 Å². The monoisotopic (exact) mass is 286 g/mol. The summed E-state index contributed by atoms with van der Waals surface area (Å²) in [6.07, 6.45) is 7.62. The Balaban J connectivity index is 1.83. The van der Waals surface area contributed by atoms with Crippen LogP contribution in [-0.2, 0) is 0 Å². The van der Waals surface area contributed by atoms with Gasteiger partial charge in [-0.15, -0.1) is 0 Å². The summed E-state index contributed by atoms with van der Waals surface area (Å²) in [5.74, 6) is 0.986. The highest BCUT2D eigenvalue weighted by Crippen LogP contribution is 2.36. The first-order chi connectivity index (χ1) is 10.2. The number of carbonyl (C=O) groups is 1. The molecule has 2 aliphatic rings. The predicted molar refractivity (Wildman–Crippen MR) is 86.7 cm³/mol. The van der Waals surface area contributed by atoms with E-state index < -0.39 is 0 Å². The second-order valence-electron chi connectivity index (χ2n) is 6.53. The van der Waals surface area contributed by atoms with Crippen molar-refractivity contribution in [3.63, 3.8) is 0 Å². The number of hydrogen-bond donors (Lipinski definition) is 1. The molecule has 1 heterocycles. The Morgan fingerprint density at radius 2 is 1.95 bits per heavy atom. The second kappa shape index (κ2) is 6.08. The number of nitrogens with one attached hydrogen (secondary N) is 1. The van der Waals surface area contributed by atoms with Gasteiger partial charge in [0.2, 0.25) is 0 Å². The summed E-state index contributed by atoms with van der Waals surface area (Å²) in [7, 11) is 1.91. The zero-order valence-corrected chi connectivity index (χ0v) is 13.2. The molecule has 3 nitrogen and oxygen atoms in total. The van der Waals surface area contributed by atoms with E-state index in [-0.39, 0.29) is 5.91 Å². The van der Waals surface area contributed by atoms with Crippen LogP contribution < -0.4 is 5.32 Å². The van der Waals surface area contributed by atoms with Crippen LogP contribution in [0.1, 0.15) is 54.4 Å². The van der Waals surface area contributed by atoms with E-state index in [1.165, 1.54) is 38.5 Å². The molecule has 0 bridgehead atoms. The van der Waals surface area contributed by atoms with Crippen molar-refractivity contribution in [1.82, 2.24) is 4.90 Å². The molecule has 1 aromatic carbocycles. The Morgan fingerprint density at radius 1 is 1.19 bits per heavy atom. The van der Waals surface area contributed by atoms with E-state index in [0.29, 0.717) is 6.04 Å². The lowest BCUT2D eigenvalue weighted by Crippen LogP contribution is -2.49. The highest BCUT2D eigenvalue weighted by molar-refractivity contribution is 5.96. The Bertz CT molecular complexity index is 524.